The summed E-state index contributed by atoms with van der Waals surface area (Å²) in [5.74, 6) is 0. The van der Waals surface area contributed by atoms with Gasteiger partial charge in [-0.15, -0.1) is 11.3 Å². The van der Waals surface area contributed by atoms with E-state index in [1.165, 1.54) is 24.2 Å². The summed E-state index contributed by atoms with van der Waals surface area (Å²) in [7, 11) is 0. The number of hydrogen-bond acceptors (Lipinski definition) is 4. The largest absolute Gasteiger partial charge is 0.381 e. The summed E-state index contributed by atoms with van der Waals surface area (Å²) in [4.78, 5) is 13.8. The lowest BCUT2D eigenvalue weighted by atomic mass is 10.4. The molecule has 1 fully saturated rings. The van der Waals surface area contributed by atoms with Gasteiger partial charge in [-0.3, -0.25) is 4.79 Å². The lowest BCUT2D eigenvalue weighted by Crippen LogP contribution is -1.74. The standard InChI is InChI=1S/C5H5NOS.C4H8O/c1-4-3-8-5(2-7)6-4;1-2-4-5-3-1/h2-3H,1H3;1-4H2. The Balaban J connectivity index is 0.000000145. The molecule has 1 saturated heterocycles. The van der Waals surface area contributed by atoms with Gasteiger partial charge in [0.1, 0.15) is 0 Å². The Hall–Kier alpha value is -0.740. The molecule has 0 N–H and O–H groups in total. The fourth-order valence-corrected chi connectivity index (χ4v) is 1.53. The number of hydrogen-bond donors (Lipinski definition) is 0. The molecule has 1 aliphatic rings. The van der Waals surface area contributed by atoms with Crippen molar-refractivity contribution in [3.63, 3.8) is 0 Å². The first kappa shape index (κ1) is 10.3. The van der Waals surface area contributed by atoms with Gasteiger partial charge in [0.2, 0.25) is 0 Å². The molecule has 3 nitrogen and oxygen atoms in total. The normalized spacial score (nSPS) is 14.8. The minimum atomic E-state index is 0.558. The highest BCUT2D eigenvalue weighted by Gasteiger charge is 1.94. The fourth-order valence-electron chi connectivity index (χ4n) is 0.937. The van der Waals surface area contributed by atoms with Crippen LogP contribution in [-0.4, -0.2) is 24.5 Å². The predicted molar refractivity (Wildman–Crippen MR) is 52.3 cm³/mol. The molecule has 13 heavy (non-hydrogen) atoms. The molecule has 0 atom stereocenters. The number of aryl methyl sites for hydroxylation is 1. The summed E-state index contributed by atoms with van der Waals surface area (Å²) in [5.41, 5.74) is 0.914. The van der Waals surface area contributed by atoms with Crippen molar-refractivity contribution in [2.75, 3.05) is 13.2 Å². The fraction of sp³-hybridized carbons (Fsp3) is 0.556. The SMILES string of the molecule is C1CCOC1.Cc1csc(C=O)n1. The van der Waals surface area contributed by atoms with Gasteiger partial charge >= 0.3 is 0 Å². The Labute approximate surface area is 81.8 Å². The number of aldehydes is 1. The van der Waals surface area contributed by atoms with E-state index in [1.807, 2.05) is 12.3 Å². The predicted octanol–water partition coefficient (Wildman–Crippen LogP) is 2.06. The quantitative estimate of drug-likeness (QED) is 0.650. The zero-order valence-corrected chi connectivity index (χ0v) is 8.47. The first-order chi connectivity index (χ1) is 6.33. The van der Waals surface area contributed by atoms with Crippen molar-refractivity contribution in [1.29, 1.82) is 0 Å². The van der Waals surface area contributed by atoms with Crippen LogP contribution in [0.1, 0.15) is 28.3 Å². The number of carbonyl (C=O) groups is 1. The minimum absolute atomic E-state index is 0.558. The van der Waals surface area contributed by atoms with Crippen molar-refractivity contribution >= 4 is 17.6 Å². The van der Waals surface area contributed by atoms with Crippen molar-refractivity contribution in [3.05, 3.63) is 16.1 Å². The third-order valence-corrected chi connectivity index (χ3v) is 2.45. The molecular weight excluding hydrogens is 186 g/mol. The molecule has 0 unspecified atom stereocenters. The molecule has 2 rings (SSSR count). The smallest absolute Gasteiger partial charge is 0.178 e. The van der Waals surface area contributed by atoms with Gasteiger partial charge in [0.25, 0.3) is 0 Å². The van der Waals surface area contributed by atoms with E-state index in [2.05, 4.69) is 4.98 Å². The Morgan fingerprint density at radius 2 is 2.23 bits per heavy atom. The van der Waals surface area contributed by atoms with Gasteiger partial charge < -0.3 is 4.74 Å². The molecule has 4 heteroatoms. The number of ether oxygens (including phenoxy) is 1. The van der Waals surface area contributed by atoms with E-state index in [-0.39, 0.29) is 0 Å². The number of rotatable bonds is 1. The minimum Gasteiger partial charge on any atom is -0.381 e. The second kappa shape index (κ2) is 5.83. The first-order valence-electron chi connectivity index (χ1n) is 4.28. The molecule has 2 heterocycles. The highest BCUT2D eigenvalue weighted by molar-refractivity contribution is 7.11. The Morgan fingerprint density at radius 3 is 2.46 bits per heavy atom. The summed E-state index contributed by atoms with van der Waals surface area (Å²) < 4.78 is 4.94. The average Bonchev–Trinajstić information content (AvgIpc) is 2.76. The highest BCUT2D eigenvalue weighted by Crippen LogP contribution is 2.04. The van der Waals surface area contributed by atoms with Crippen molar-refractivity contribution in [1.82, 2.24) is 4.98 Å². The third kappa shape index (κ3) is 4.15. The van der Waals surface area contributed by atoms with E-state index in [0.717, 1.165) is 25.2 Å². The maximum Gasteiger partial charge on any atom is 0.178 e. The van der Waals surface area contributed by atoms with Crippen LogP contribution in [0.5, 0.6) is 0 Å². The number of aromatic nitrogens is 1. The topological polar surface area (TPSA) is 39.2 Å². The zero-order valence-electron chi connectivity index (χ0n) is 7.66. The van der Waals surface area contributed by atoms with Crippen LogP contribution in [0.15, 0.2) is 5.38 Å². The Kier molecular flexibility index (Phi) is 4.64. The van der Waals surface area contributed by atoms with Crippen LogP contribution in [0.4, 0.5) is 0 Å². The Bertz CT molecular complexity index is 248. The molecule has 1 aromatic rings. The van der Waals surface area contributed by atoms with Crippen LogP contribution in [0, 0.1) is 6.92 Å². The zero-order chi connectivity index (χ0) is 9.52. The lowest BCUT2D eigenvalue weighted by molar-refractivity contribution is 0.112. The van der Waals surface area contributed by atoms with Gasteiger partial charge in [0, 0.05) is 24.3 Å². The first-order valence-corrected chi connectivity index (χ1v) is 5.16. The average molecular weight is 199 g/mol. The van der Waals surface area contributed by atoms with Gasteiger partial charge in [-0.25, -0.2) is 4.98 Å². The third-order valence-electron chi connectivity index (χ3n) is 1.56. The van der Waals surface area contributed by atoms with E-state index in [1.54, 1.807) is 0 Å². The molecular formula is C9H13NO2S. The lowest BCUT2D eigenvalue weighted by Gasteiger charge is -1.76. The molecule has 1 aliphatic heterocycles. The Morgan fingerprint density at radius 1 is 1.54 bits per heavy atom. The van der Waals surface area contributed by atoms with Crippen LogP contribution in [0.2, 0.25) is 0 Å². The molecule has 0 aromatic carbocycles. The summed E-state index contributed by atoms with van der Waals surface area (Å²) in [6.07, 6.45) is 3.32. The molecule has 0 saturated carbocycles. The second-order valence-electron chi connectivity index (χ2n) is 2.76. The molecule has 72 valence electrons. The van der Waals surface area contributed by atoms with Crippen LogP contribution in [0.25, 0.3) is 0 Å². The van der Waals surface area contributed by atoms with Crippen LogP contribution >= 0.6 is 11.3 Å². The summed E-state index contributed by atoms with van der Waals surface area (Å²) >= 11 is 1.37. The van der Waals surface area contributed by atoms with Crippen molar-refractivity contribution in [2.45, 2.75) is 19.8 Å². The molecule has 0 bridgehead atoms. The van der Waals surface area contributed by atoms with Gasteiger partial charge in [0.15, 0.2) is 11.3 Å². The van der Waals surface area contributed by atoms with Gasteiger partial charge in [-0.2, -0.15) is 0 Å². The number of nitrogens with zero attached hydrogens (tertiary/aromatic N) is 1. The number of thiazole rings is 1. The van der Waals surface area contributed by atoms with Crippen LogP contribution in [-0.2, 0) is 4.74 Å². The van der Waals surface area contributed by atoms with Crippen molar-refractivity contribution in [2.24, 2.45) is 0 Å². The van der Waals surface area contributed by atoms with E-state index >= 15 is 0 Å². The van der Waals surface area contributed by atoms with Crippen LogP contribution < -0.4 is 0 Å². The highest BCUT2D eigenvalue weighted by atomic mass is 32.1. The molecule has 0 amide bonds. The second-order valence-corrected chi connectivity index (χ2v) is 3.65. The molecule has 0 spiro atoms. The van der Waals surface area contributed by atoms with Crippen LogP contribution in [0.3, 0.4) is 0 Å². The van der Waals surface area contributed by atoms with Crippen molar-refractivity contribution in [3.8, 4) is 0 Å². The monoisotopic (exact) mass is 199 g/mol. The maximum absolute atomic E-state index is 9.97. The summed E-state index contributed by atoms with van der Waals surface area (Å²) in [5, 5.41) is 2.41. The van der Waals surface area contributed by atoms with Gasteiger partial charge in [-0.1, -0.05) is 0 Å². The van der Waals surface area contributed by atoms with Crippen molar-refractivity contribution < 1.29 is 9.53 Å². The molecule has 0 aliphatic carbocycles. The molecule has 1 aromatic heterocycles. The van der Waals surface area contributed by atoms with E-state index in [0.29, 0.717) is 5.01 Å². The maximum atomic E-state index is 9.97. The van der Waals surface area contributed by atoms with E-state index < -0.39 is 0 Å². The number of carbonyl (C=O) groups excluding carboxylic acids is 1. The molecule has 0 radical (unpaired) electrons. The summed E-state index contributed by atoms with van der Waals surface area (Å²) in [6.45, 7) is 3.86. The summed E-state index contributed by atoms with van der Waals surface area (Å²) in [6, 6.07) is 0. The van der Waals surface area contributed by atoms with E-state index in [4.69, 9.17) is 4.74 Å². The van der Waals surface area contributed by atoms with Gasteiger partial charge in [-0.05, 0) is 19.8 Å². The van der Waals surface area contributed by atoms with E-state index in [9.17, 15) is 4.79 Å². The van der Waals surface area contributed by atoms with Gasteiger partial charge in [0.05, 0.1) is 0 Å².